The summed E-state index contributed by atoms with van der Waals surface area (Å²) in [5.74, 6) is 1.44. The molecular formula is C21H26BrN5O3S. The summed E-state index contributed by atoms with van der Waals surface area (Å²) in [4.78, 5) is 27.9. The fourth-order valence-corrected chi connectivity index (χ4v) is 5.47. The molecule has 10 heteroatoms. The summed E-state index contributed by atoms with van der Waals surface area (Å²) in [5, 5.41) is 18.8. The molecule has 2 fully saturated rings. The molecular weight excluding hydrogens is 482 g/mol. The van der Waals surface area contributed by atoms with Crippen molar-refractivity contribution in [2.24, 2.45) is 28.3 Å². The lowest BCUT2D eigenvalue weighted by molar-refractivity contribution is -0.384. The zero-order chi connectivity index (χ0) is 21.6. The van der Waals surface area contributed by atoms with Gasteiger partial charge >= 0.3 is 0 Å². The van der Waals surface area contributed by atoms with E-state index in [9.17, 15) is 14.9 Å². The van der Waals surface area contributed by atoms with Gasteiger partial charge in [-0.15, -0.1) is 17.0 Å². The van der Waals surface area contributed by atoms with Crippen LogP contribution in [0.5, 0.6) is 0 Å². The Morgan fingerprint density at radius 2 is 2.13 bits per heavy atom. The molecule has 1 heterocycles. The topological polar surface area (TPSA) is 110 Å². The number of halogens is 1. The third kappa shape index (κ3) is 4.36. The Morgan fingerprint density at radius 3 is 2.77 bits per heavy atom. The molecule has 0 radical (unpaired) electrons. The van der Waals surface area contributed by atoms with Crippen molar-refractivity contribution in [2.45, 2.75) is 40.5 Å². The van der Waals surface area contributed by atoms with Crippen LogP contribution in [0.4, 0.5) is 16.5 Å². The van der Waals surface area contributed by atoms with Gasteiger partial charge in [0.25, 0.3) is 11.6 Å². The lowest BCUT2D eigenvalue weighted by atomic mass is 9.69. The van der Waals surface area contributed by atoms with E-state index in [1.54, 1.807) is 13.0 Å². The maximum Gasteiger partial charge on any atom is 0.271 e. The van der Waals surface area contributed by atoms with E-state index in [1.165, 1.54) is 41.7 Å². The Hall–Kier alpha value is -2.33. The highest BCUT2D eigenvalue weighted by molar-refractivity contribution is 8.93. The van der Waals surface area contributed by atoms with E-state index in [4.69, 9.17) is 0 Å². The largest absolute Gasteiger partial charge is 0.321 e. The number of hydrogen-bond donors (Lipinski definition) is 2. The molecule has 2 aliphatic rings. The molecule has 3 atom stereocenters. The second kappa shape index (κ2) is 8.66. The monoisotopic (exact) mass is 507 g/mol. The highest BCUT2D eigenvalue weighted by Gasteiger charge is 2.53. The maximum absolute atomic E-state index is 12.6. The van der Waals surface area contributed by atoms with Crippen molar-refractivity contribution in [3.63, 3.8) is 0 Å². The minimum absolute atomic E-state index is 0. The van der Waals surface area contributed by atoms with Crippen LogP contribution >= 0.6 is 28.3 Å². The zero-order valence-corrected chi connectivity index (χ0v) is 20.4. The average molecular weight is 508 g/mol. The summed E-state index contributed by atoms with van der Waals surface area (Å²) in [6, 6.07) is 5.86. The molecule has 166 valence electrons. The molecule has 31 heavy (non-hydrogen) atoms. The number of anilines is 2. The van der Waals surface area contributed by atoms with Crippen LogP contribution in [0.2, 0.25) is 0 Å². The number of aromatic nitrogens is 1. The van der Waals surface area contributed by atoms with E-state index in [2.05, 4.69) is 41.6 Å². The molecule has 2 aromatic rings. The summed E-state index contributed by atoms with van der Waals surface area (Å²) in [6.07, 6.45) is 2.21. The molecule has 2 aliphatic carbocycles. The van der Waals surface area contributed by atoms with Gasteiger partial charge in [-0.1, -0.05) is 38.2 Å². The quantitative estimate of drug-likeness (QED) is 0.400. The lowest BCUT2D eigenvalue weighted by Gasteiger charge is -2.36. The minimum atomic E-state index is -0.494. The summed E-state index contributed by atoms with van der Waals surface area (Å²) >= 11 is 1.23. The van der Waals surface area contributed by atoms with Gasteiger partial charge in [-0.25, -0.2) is 4.98 Å². The first kappa shape index (κ1) is 23.3. The van der Waals surface area contributed by atoms with Gasteiger partial charge in [0.1, 0.15) is 4.88 Å². The highest BCUT2D eigenvalue weighted by atomic mass is 79.9. The fourth-order valence-electron chi connectivity index (χ4n) is 4.67. The number of fused-ring (bicyclic) bond motifs is 2. The number of thiazole rings is 1. The van der Waals surface area contributed by atoms with Gasteiger partial charge in [-0.2, -0.15) is 5.10 Å². The van der Waals surface area contributed by atoms with Crippen LogP contribution in [0.25, 0.3) is 0 Å². The standard InChI is InChI=1S/C21H25N5O3S.BrH/c1-11-16-8-13(21(11,3)4)9-17(16)24-25-20-22-12(2)18(30-20)19(27)23-14-6-5-7-15(10-14)26(28)29;/h5-7,10-11,13,16H,8-9H2,1-4H3,(H,22,25)(H,23,27);1H. The number of nitrogens with zero attached hydrogens (tertiary/aromatic N) is 3. The summed E-state index contributed by atoms with van der Waals surface area (Å²) in [6.45, 7) is 8.77. The Bertz CT molecular complexity index is 1050. The number of nitro benzene ring substituents is 1. The van der Waals surface area contributed by atoms with Crippen molar-refractivity contribution in [1.82, 2.24) is 4.98 Å². The molecule has 0 aliphatic heterocycles. The number of nitrogens with one attached hydrogen (secondary N) is 2. The molecule has 2 bridgehead atoms. The molecule has 2 saturated carbocycles. The van der Waals surface area contributed by atoms with Gasteiger partial charge in [0.15, 0.2) is 0 Å². The van der Waals surface area contributed by atoms with Gasteiger partial charge in [-0.05, 0) is 43.1 Å². The Labute approximate surface area is 195 Å². The van der Waals surface area contributed by atoms with Gasteiger partial charge in [0, 0.05) is 29.4 Å². The number of carbonyl (C=O) groups is 1. The molecule has 2 N–H and O–H groups in total. The van der Waals surface area contributed by atoms with E-state index in [0.29, 0.717) is 44.6 Å². The highest BCUT2D eigenvalue weighted by Crippen LogP contribution is 2.57. The van der Waals surface area contributed by atoms with Gasteiger partial charge in [0.05, 0.1) is 10.6 Å². The number of rotatable bonds is 5. The summed E-state index contributed by atoms with van der Waals surface area (Å²) in [5.41, 5.74) is 5.49. The van der Waals surface area contributed by atoms with Crippen LogP contribution in [0.3, 0.4) is 0 Å². The fraction of sp³-hybridized carbons (Fsp3) is 0.476. The number of carbonyl (C=O) groups excluding carboxylic acids is 1. The van der Waals surface area contributed by atoms with Crippen molar-refractivity contribution in [3.8, 4) is 0 Å². The van der Waals surface area contributed by atoms with Gasteiger partial charge in [0.2, 0.25) is 5.13 Å². The van der Waals surface area contributed by atoms with Crippen molar-refractivity contribution >= 4 is 56.4 Å². The van der Waals surface area contributed by atoms with Crippen molar-refractivity contribution in [1.29, 1.82) is 0 Å². The first-order chi connectivity index (χ1) is 14.2. The van der Waals surface area contributed by atoms with Crippen LogP contribution in [0.1, 0.15) is 49.0 Å². The molecule has 1 aromatic carbocycles. The van der Waals surface area contributed by atoms with Crippen LogP contribution in [-0.2, 0) is 0 Å². The number of amides is 1. The number of hydrazone groups is 1. The number of hydrogen-bond acceptors (Lipinski definition) is 7. The van der Waals surface area contributed by atoms with E-state index in [0.717, 1.165) is 6.42 Å². The average Bonchev–Trinajstić information content (AvgIpc) is 3.34. The second-order valence-electron chi connectivity index (χ2n) is 8.76. The minimum Gasteiger partial charge on any atom is -0.321 e. The molecule has 0 saturated heterocycles. The van der Waals surface area contributed by atoms with Crippen LogP contribution < -0.4 is 10.7 Å². The molecule has 8 nitrogen and oxygen atoms in total. The van der Waals surface area contributed by atoms with Crippen molar-refractivity contribution in [3.05, 3.63) is 45.0 Å². The Kier molecular flexibility index (Phi) is 6.52. The molecule has 0 spiro atoms. The smallest absolute Gasteiger partial charge is 0.271 e. The second-order valence-corrected chi connectivity index (χ2v) is 9.76. The van der Waals surface area contributed by atoms with Crippen LogP contribution in [0.15, 0.2) is 29.4 Å². The molecule has 1 aromatic heterocycles. The normalized spacial score (nSPS) is 24.6. The molecule has 3 unspecified atom stereocenters. The van der Waals surface area contributed by atoms with E-state index in [-0.39, 0.29) is 28.6 Å². The number of benzene rings is 1. The number of nitro groups is 1. The third-order valence-corrected chi connectivity index (χ3v) is 7.92. The first-order valence-electron chi connectivity index (χ1n) is 10.0. The van der Waals surface area contributed by atoms with Gasteiger partial charge < -0.3 is 5.32 Å². The predicted octanol–water partition coefficient (Wildman–Crippen LogP) is 5.66. The van der Waals surface area contributed by atoms with E-state index < -0.39 is 4.92 Å². The van der Waals surface area contributed by atoms with E-state index in [1.807, 2.05) is 0 Å². The van der Waals surface area contributed by atoms with Crippen molar-refractivity contribution in [2.75, 3.05) is 10.7 Å². The predicted molar refractivity (Wildman–Crippen MR) is 128 cm³/mol. The van der Waals surface area contributed by atoms with E-state index >= 15 is 0 Å². The zero-order valence-electron chi connectivity index (χ0n) is 17.8. The number of aryl methyl sites for hydroxylation is 1. The number of non-ortho nitro benzene ring substituents is 1. The lowest BCUT2D eigenvalue weighted by Crippen LogP contribution is -2.33. The van der Waals surface area contributed by atoms with Gasteiger partial charge in [-0.3, -0.25) is 20.3 Å². The van der Waals surface area contributed by atoms with Crippen LogP contribution in [0, 0.1) is 40.2 Å². The van der Waals surface area contributed by atoms with Crippen LogP contribution in [-0.4, -0.2) is 21.5 Å². The first-order valence-corrected chi connectivity index (χ1v) is 10.8. The molecule has 4 rings (SSSR count). The Balaban J connectivity index is 0.00000272. The summed E-state index contributed by atoms with van der Waals surface area (Å²) in [7, 11) is 0. The Morgan fingerprint density at radius 1 is 1.39 bits per heavy atom. The summed E-state index contributed by atoms with van der Waals surface area (Å²) < 4.78 is 0. The third-order valence-electron chi connectivity index (χ3n) is 6.86. The maximum atomic E-state index is 12.6. The van der Waals surface area contributed by atoms with Crippen molar-refractivity contribution < 1.29 is 9.72 Å². The molecule has 1 amide bonds. The SMILES string of the molecule is Br.Cc1nc(NN=C2CC3CC2C(C)C3(C)C)sc1C(=O)Nc1cccc([N+](=O)[O-])c1.